The molecular weight excluding hydrogens is 312 g/mol. The molecule has 1 N–H and O–H groups in total. The summed E-state index contributed by atoms with van der Waals surface area (Å²) in [6, 6.07) is 5.45. The minimum atomic E-state index is -0.962. The number of aliphatic carboxylic acids is 1. The predicted molar refractivity (Wildman–Crippen MR) is 83.9 cm³/mol. The third kappa shape index (κ3) is 3.13. The zero-order chi connectivity index (χ0) is 17.1. The number of hydrogen-bond donors (Lipinski definition) is 1. The maximum absolute atomic E-state index is 12.8. The molecule has 2 aromatic rings. The first-order valence-electron chi connectivity index (χ1n) is 7.64. The Morgan fingerprint density at radius 1 is 1.38 bits per heavy atom. The molecule has 0 bridgehead atoms. The van der Waals surface area contributed by atoms with E-state index < -0.39 is 11.9 Å². The van der Waals surface area contributed by atoms with Crippen molar-refractivity contribution in [2.75, 3.05) is 26.3 Å². The second-order valence-corrected chi connectivity index (χ2v) is 5.60. The number of carbonyl (C=O) groups is 2. The average molecular weight is 330 g/mol. The molecule has 1 fully saturated rings. The molecule has 126 valence electrons. The monoisotopic (exact) mass is 330 g/mol. The van der Waals surface area contributed by atoms with Gasteiger partial charge in [0.05, 0.1) is 36.6 Å². The molecule has 0 saturated carbocycles. The van der Waals surface area contributed by atoms with E-state index in [4.69, 9.17) is 4.74 Å². The van der Waals surface area contributed by atoms with Crippen molar-refractivity contribution in [3.05, 3.63) is 41.9 Å². The lowest BCUT2D eigenvalue weighted by molar-refractivity contribution is -0.143. The van der Waals surface area contributed by atoms with E-state index in [1.165, 1.54) is 11.1 Å². The van der Waals surface area contributed by atoms with E-state index in [-0.39, 0.29) is 19.1 Å². The molecule has 1 aliphatic rings. The summed E-state index contributed by atoms with van der Waals surface area (Å²) in [4.78, 5) is 29.8. The number of nitrogens with zero attached hydrogens (tertiary/aromatic N) is 4. The number of carboxylic acids is 1. The molecule has 0 radical (unpaired) electrons. The Bertz CT molecular complexity index is 744. The molecular formula is C16H18N4O4. The van der Waals surface area contributed by atoms with Crippen molar-refractivity contribution in [3.63, 3.8) is 0 Å². The van der Waals surface area contributed by atoms with Gasteiger partial charge in [-0.25, -0.2) is 9.67 Å². The van der Waals surface area contributed by atoms with Gasteiger partial charge in [0.25, 0.3) is 5.91 Å². The standard InChI is InChI=1S/C16H18N4O4/c1-11-13(8-18-20(11)14-4-2-3-5-17-14)15(21)19-6-7-24-10-12(9-19)16(22)23/h2-5,8,12H,6-7,9-10H2,1H3,(H,22,23). The number of carbonyl (C=O) groups excluding carboxylic acids is 1. The maximum Gasteiger partial charge on any atom is 0.310 e. The fourth-order valence-electron chi connectivity index (χ4n) is 2.64. The number of amides is 1. The fraction of sp³-hybridized carbons (Fsp3) is 0.375. The zero-order valence-corrected chi connectivity index (χ0v) is 13.3. The molecule has 1 amide bonds. The summed E-state index contributed by atoms with van der Waals surface area (Å²) >= 11 is 0. The Balaban J connectivity index is 1.85. The van der Waals surface area contributed by atoms with Crippen molar-refractivity contribution in [1.29, 1.82) is 0 Å². The van der Waals surface area contributed by atoms with E-state index in [2.05, 4.69) is 10.1 Å². The molecule has 3 rings (SSSR count). The Morgan fingerprint density at radius 3 is 2.92 bits per heavy atom. The molecule has 1 aliphatic heterocycles. The molecule has 1 saturated heterocycles. The molecule has 0 aromatic carbocycles. The second kappa shape index (κ2) is 6.79. The summed E-state index contributed by atoms with van der Waals surface area (Å²) in [7, 11) is 0. The lowest BCUT2D eigenvalue weighted by Gasteiger charge is -2.21. The normalized spacial score (nSPS) is 18.2. The highest BCUT2D eigenvalue weighted by atomic mass is 16.5. The second-order valence-electron chi connectivity index (χ2n) is 5.60. The van der Waals surface area contributed by atoms with Crippen molar-refractivity contribution in [2.45, 2.75) is 6.92 Å². The molecule has 1 unspecified atom stereocenters. The average Bonchev–Trinajstić information content (AvgIpc) is 2.81. The minimum Gasteiger partial charge on any atom is -0.481 e. The molecule has 1 atom stereocenters. The van der Waals surface area contributed by atoms with Crippen LogP contribution in [-0.2, 0) is 9.53 Å². The molecule has 0 aliphatic carbocycles. The van der Waals surface area contributed by atoms with Gasteiger partial charge in [0.2, 0.25) is 0 Å². The zero-order valence-electron chi connectivity index (χ0n) is 13.3. The largest absolute Gasteiger partial charge is 0.481 e. The van der Waals surface area contributed by atoms with Gasteiger partial charge >= 0.3 is 5.97 Å². The molecule has 0 spiro atoms. The number of ether oxygens (including phenoxy) is 1. The third-order valence-corrected chi connectivity index (χ3v) is 4.01. The van der Waals surface area contributed by atoms with Crippen LogP contribution in [0.1, 0.15) is 16.1 Å². The first kappa shape index (κ1) is 16.1. The smallest absolute Gasteiger partial charge is 0.310 e. The molecule has 2 aromatic heterocycles. The van der Waals surface area contributed by atoms with Crippen LogP contribution >= 0.6 is 0 Å². The lowest BCUT2D eigenvalue weighted by Crippen LogP contribution is -2.38. The van der Waals surface area contributed by atoms with E-state index in [9.17, 15) is 14.7 Å². The van der Waals surface area contributed by atoms with Crippen molar-refractivity contribution in [3.8, 4) is 5.82 Å². The summed E-state index contributed by atoms with van der Waals surface area (Å²) in [5.74, 6) is -1.30. The van der Waals surface area contributed by atoms with Crippen LogP contribution in [0.5, 0.6) is 0 Å². The van der Waals surface area contributed by atoms with Crippen LogP contribution in [0, 0.1) is 12.8 Å². The van der Waals surface area contributed by atoms with Gasteiger partial charge in [-0.05, 0) is 19.1 Å². The molecule has 24 heavy (non-hydrogen) atoms. The summed E-state index contributed by atoms with van der Waals surface area (Å²) in [6.07, 6.45) is 3.15. The molecule has 8 nitrogen and oxygen atoms in total. The first-order valence-corrected chi connectivity index (χ1v) is 7.64. The number of carboxylic acid groups (broad SMARTS) is 1. The number of hydrogen-bond acceptors (Lipinski definition) is 5. The van der Waals surface area contributed by atoms with Crippen LogP contribution in [0.3, 0.4) is 0 Å². The van der Waals surface area contributed by atoms with E-state index in [1.807, 2.05) is 6.07 Å². The van der Waals surface area contributed by atoms with Gasteiger partial charge in [0.15, 0.2) is 5.82 Å². The minimum absolute atomic E-state index is 0.116. The Morgan fingerprint density at radius 2 is 2.21 bits per heavy atom. The lowest BCUT2D eigenvalue weighted by atomic mass is 10.1. The highest BCUT2D eigenvalue weighted by Gasteiger charge is 2.29. The number of aromatic nitrogens is 3. The maximum atomic E-state index is 12.8. The summed E-state index contributed by atoms with van der Waals surface area (Å²) in [6.45, 7) is 2.71. The quantitative estimate of drug-likeness (QED) is 0.892. The van der Waals surface area contributed by atoms with Gasteiger partial charge < -0.3 is 14.7 Å². The van der Waals surface area contributed by atoms with Gasteiger partial charge in [0, 0.05) is 19.3 Å². The van der Waals surface area contributed by atoms with Crippen LogP contribution in [0.2, 0.25) is 0 Å². The van der Waals surface area contributed by atoms with E-state index in [0.29, 0.717) is 30.2 Å². The van der Waals surface area contributed by atoms with Crippen LogP contribution in [-0.4, -0.2) is 63.0 Å². The number of rotatable bonds is 3. The van der Waals surface area contributed by atoms with Crippen LogP contribution in [0.25, 0.3) is 5.82 Å². The van der Waals surface area contributed by atoms with Crippen LogP contribution < -0.4 is 0 Å². The summed E-state index contributed by atoms with van der Waals surface area (Å²) in [5.41, 5.74) is 1.10. The van der Waals surface area contributed by atoms with Crippen molar-refractivity contribution in [2.24, 2.45) is 5.92 Å². The van der Waals surface area contributed by atoms with E-state index >= 15 is 0 Å². The van der Waals surface area contributed by atoms with Crippen molar-refractivity contribution >= 4 is 11.9 Å². The van der Waals surface area contributed by atoms with Crippen molar-refractivity contribution < 1.29 is 19.4 Å². The Hall–Kier alpha value is -2.74. The Kier molecular flexibility index (Phi) is 4.57. The van der Waals surface area contributed by atoms with Crippen molar-refractivity contribution in [1.82, 2.24) is 19.7 Å². The van der Waals surface area contributed by atoms with Gasteiger partial charge in [-0.1, -0.05) is 6.07 Å². The van der Waals surface area contributed by atoms with Gasteiger partial charge in [-0.3, -0.25) is 9.59 Å². The molecule has 8 heteroatoms. The number of pyridine rings is 1. The van der Waals surface area contributed by atoms with Gasteiger partial charge in [-0.2, -0.15) is 5.10 Å². The Labute approximate surface area is 138 Å². The third-order valence-electron chi connectivity index (χ3n) is 4.01. The van der Waals surface area contributed by atoms with Crippen LogP contribution in [0.15, 0.2) is 30.6 Å². The molecule has 3 heterocycles. The van der Waals surface area contributed by atoms with E-state index in [1.54, 1.807) is 29.9 Å². The summed E-state index contributed by atoms with van der Waals surface area (Å²) in [5, 5.41) is 13.4. The SMILES string of the molecule is Cc1c(C(=O)N2CCOCC(C(=O)O)C2)cnn1-c1ccccn1. The van der Waals surface area contributed by atoms with Crippen LogP contribution in [0.4, 0.5) is 0 Å². The van der Waals surface area contributed by atoms with Gasteiger partial charge in [0.1, 0.15) is 0 Å². The first-order chi connectivity index (χ1) is 11.6. The highest BCUT2D eigenvalue weighted by molar-refractivity contribution is 5.95. The predicted octanol–water partition coefficient (Wildman–Crippen LogP) is 0.749. The highest BCUT2D eigenvalue weighted by Crippen LogP contribution is 2.17. The topological polar surface area (TPSA) is 97.5 Å². The fourth-order valence-corrected chi connectivity index (χ4v) is 2.64. The van der Waals surface area contributed by atoms with Gasteiger partial charge in [-0.15, -0.1) is 0 Å². The van der Waals surface area contributed by atoms with E-state index in [0.717, 1.165) is 0 Å². The summed E-state index contributed by atoms with van der Waals surface area (Å²) < 4.78 is 6.88.